The van der Waals surface area contributed by atoms with Crippen molar-refractivity contribution in [2.24, 2.45) is 0 Å². The summed E-state index contributed by atoms with van der Waals surface area (Å²) in [6, 6.07) is 9.04. The fourth-order valence-corrected chi connectivity index (χ4v) is 3.00. The molecule has 0 unspecified atom stereocenters. The van der Waals surface area contributed by atoms with Crippen LogP contribution in [-0.4, -0.2) is 40.1 Å². The highest BCUT2D eigenvalue weighted by molar-refractivity contribution is 5.76. The molecule has 2 heterocycles. The fraction of sp³-hybridized carbons (Fsp3) is 0.389. The topological polar surface area (TPSA) is 78.4 Å². The molecule has 1 amide bonds. The third kappa shape index (κ3) is 4.22. The highest BCUT2D eigenvalue weighted by atomic mass is 16.3. The first-order valence-electron chi connectivity index (χ1n) is 8.30. The van der Waals surface area contributed by atoms with Gasteiger partial charge < -0.3 is 15.3 Å². The molecule has 3 rings (SSSR count). The van der Waals surface area contributed by atoms with Crippen LogP contribution in [0.2, 0.25) is 0 Å². The Labute approximate surface area is 141 Å². The summed E-state index contributed by atoms with van der Waals surface area (Å²) in [5.74, 6) is 0.972. The number of para-hydroxylation sites is 1. The van der Waals surface area contributed by atoms with Crippen molar-refractivity contribution < 1.29 is 9.90 Å². The maximum atomic E-state index is 12.2. The lowest BCUT2D eigenvalue weighted by Crippen LogP contribution is -2.48. The SMILES string of the molecule is O=C(CCc1ccccc1O)N[C@H]1CCCN(c2ncccn2)C1. The first-order valence-corrected chi connectivity index (χ1v) is 8.30. The largest absolute Gasteiger partial charge is 0.508 e. The Hall–Kier alpha value is -2.63. The van der Waals surface area contributed by atoms with Gasteiger partial charge in [0.2, 0.25) is 11.9 Å². The lowest BCUT2D eigenvalue weighted by Gasteiger charge is -2.33. The van der Waals surface area contributed by atoms with Gasteiger partial charge in [0.15, 0.2) is 0 Å². The van der Waals surface area contributed by atoms with Crippen molar-refractivity contribution in [3.05, 3.63) is 48.3 Å². The summed E-state index contributed by atoms with van der Waals surface area (Å²) < 4.78 is 0. The normalized spacial score (nSPS) is 17.5. The molecule has 126 valence electrons. The van der Waals surface area contributed by atoms with Gasteiger partial charge in [0.25, 0.3) is 0 Å². The number of phenols is 1. The summed E-state index contributed by atoms with van der Waals surface area (Å²) in [6.45, 7) is 1.64. The van der Waals surface area contributed by atoms with E-state index in [1.165, 1.54) is 0 Å². The van der Waals surface area contributed by atoms with Gasteiger partial charge in [0, 0.05) is 37.9 Å². The van der Waals surface area contributed by atoms with Crippen LogP contribution in [-0.2, 0) is 11.2 Å². The van der Waals surface area contributed by atoms with E-state index in [0.717, 1.165) is 31.5 Å². The number of piperidine rings is 1. The highest BCUT2D eigenvalue weighted by Crippen LogP contribution is 2.18. The van der Waals surface area contributed by atoms with E-state index in [-0.39, 0.29) is 17.7 Å². The third-order valence-electron chi connectivity index (χ3n) is 4.23. The molecule has 0 saturated carbocycles. The number of carbonyl (C=O) groups is 1. The second-order valence-electron chi connectivity index (χ2n) is 6.03. The van der Waals surface area contributed by atoms with E-state index in [4.69, 9.17) is 0 Å². The predicted octanol–water partition coefficient (Wildman–Crippen LogP) is 1.90. The Bertz CT molecular complexity index is 678. The minimum absolute atomic E-state index is 0.0130. The van der Waals surface area contributed by atoms with Crippen molar-refractivity contribution in [2.75, 3.05) is 18.0 Å². The van der Waals surface area contributed by atoms with E-state index in [0.29, 0.717) is 18.8 Å². The average Bonchev–Trinajstić information content (AvgIpc) is 2.62. The number of phenolic OH excluding ortho intramolecular Hbond substituents is 1. The summed E-state index contributed by atoms with van der Waals surface area (Å²) in [6.07, 6.45) is 6.34. The van der Waals surface area contributed by atoms with E-state index in [1.54, 1.807) is 30.6 Å². The number of aromatic nitrogens is 2. The molecule has 1 saturated heterocycles. The molecule has 1 aromatic carbocycles. The Morgan fingerprint density at radius 2 is 2.04 bits per heavy atom. The predicted molar refractivity (Wildman–Crippen MR) is 91.8 cm³/mol. The van der Waals surface area contributed by atoms with Crippen molar-refractivity contribution >= 4 is 11.9 Å². The Kier molecular flexibility index (Phi) is 5.25. The number of hydrogen-bond acceptors (Lipinski definition) is 5. The zero-order valence-corrected chi connectivity index (χ0v) is 13.6. The average molecular weight is 326 g/mol. The summed E-state index contributed by atoms with van der Waals surface area (Å²) in [4.78, 5) is 22.9. The van der Waals surface area contributed by atoms with Gasteiger partial charge in [-0.05, 0) is 37.0 Å². The Morgan fingerprint density at radius 1 is 1.25 bits per heavy atom. The molecule has 1 fully saturated rings. The fourth-order valence-electron chi connectivity index (χ4n) is 3.00. The molecular formula is C18H22N4O2. The van der Waals surface area contributed by atoms with E-state index in [1.807, 2.05) is 12.1 Å². The minimum atomic E-state index is 0.0130. The number of nitrogens with one attached hydrogen (secondary N) is 1. The maximum absolute atomic E-state index is 12.2. The van der Waals surface area contributed by atoms with Gasteiger partial charge in [0.05, 0.1) is 0 Å². The van der Waals surface area contributed by atoms with Crippen LogP contribution in [0.25, 0.3) is 0 Å². The van der Waals surface area contributed by atoms with Crippen molar-refractivity contribution in [3.8, 4) is 5.75 Å². The van der Waals surface area contributed by atoms with Crippen LogP contribution >= 0.6 is 0 Å². The number of nitrogens with zero attached hydrogens (tertiary/aromatic N) is 3. The molecule has 1 aliphatic heterocycles. The summed E-state index contributed by atoms with van der Waals surface area (Å²) in [5.41, 5.74) is 0.801. The molecule has 0 spiro atoms. The van der Waals surface area contributed by atoms with Crippen molar-refractivity contribution in [1.82, 2.24) is 15.3 Å². The van der Waals surface area contributed by atoms with Crippen LogP contribution in [0.5, 0.6) is 5.75 Å². The Morgan fingerprint density at radius 3 is 2.83 bits per heavy atom. The van der Waals surface area contributed by atoms with E-state index in [9.17, 15) is 9.90 Å². The second kappa shape index (κ2) is 7.77. The number of hydrogen-bond donors (Lipinski definition) is 2. The first kappa shape index (κ1) is 16.2. The molecule has 24 heavy (non-hydrogen) atoms. The van der Waals surface area contributed by atoms with Crippen LogP contribution in [0, 0.1) is 0 Å². The molecule has 0 bridgehead atoms. The van der Waals surface area contributed by atoms with Crippen molar-refractivity contribution in [2.45, 2.75) is 31.7 Å². The molecule has 6 nitrogen and oxygen atoms in total. The lowest BCUT2D eigenvalue weighted by molar-refractivity contribution is -0.121. The molecule has 0 radical (unpaired) electrons. The summed E-state index contributed by atoms with van der Waals surface area (Å²) in [7, 11) is 0. The molecule has 6 heteroatoms. The van der Waals surface area contributed by atoms with Crippen LogP contribution in [0.3, 0.4) is 0 Å². The Balaban J connectivity index is 1.50. The molecule has 2 N–H and O–H groups in total. The van der Waals surface area contributed by atoms with Crippen molar-refractivity contribution in [1.29, 1.82) is 0 Å². The van der Waals surface area contributed by atoms with Crippen LogP contribution in [0.4, 0.5) is 5.95 Å². The number of benzene rings is 1. The number of aryl methyl sites for hydroxylation is 1. The van der Waals surface area contributed by atoms with Crippen LogP contribution < -0.4 is 10.2 Å². The van der Waals surface area contributed by atoms with Crippen molar-refractivity contribution in [3.63, 3.8) is 0 Å². The van der Waals surface area contributed by atoms with Gasteiger partial charge in [-0.2, -0.15) is 0 Å². The number of aromatic hydroxyl groups is 1. The van der Waals surface area contributed by atoms with Gasteiger partial charge in [-0.25, -0.2) is 9.97 Å². The quantitative estimate of drug-likeness (QED) is 0.877. The van der Waals surface area contributed by atoms with Gasteiger partial charge in [-0.15, -0.1) is 0 Å². The van der Waals surface area contributed by atoms with Crippen LogP contribution in [0.1, 0.15) is 24.8 Å². The first-order chi connectivity index (χ1) is 11.7. The van der Waals surface area contributed by atoms with E-state index in [2.05, 4.69) is 20.2 Å². The zero-order valence-electron chi connectivity index (χ0n) is 13.6. The number of amides is 1. The summed E-state index contributed by atoms with van der Waals surface area (Å²) >= 11 is 0. The maximum Gasteiger partial charge on any atom is 0.225 e. The number of anilines is 1. The van der Waals surface area contributed by atoms with E-state index < -0.39 is 0 Å². The molecule has 1 aromatic heterocycles. The molecule has 0 aliphatic carbocycles. The molecule has 1 atom stereocenters. The number of rotatable bonds is 5. The van der Waals surface area contributed by atoms with Gasteiger partial charge in [-0.3, -0.25) is 4.79 Å². The van der Waals surface area contributed by atoms with Gasteiger partial charge in [-0.1, -0.05) is 18.2 Å². The smallest absolute Gasteiger partial charge is 0.225 e. The van der Waals surface area contributed by atoms with E-state index >= 15 is 0 Å². The second-order valence-corrected chi connectivity index (χ2v) is 6.03. The minimum Gasteiger partial charge on any atom is -0.508 e. The molecule has 1 aliphatic rings. The standard InChI is InChI=1S/C18H22N4O2/c23-16-7-2-1-5-14(16)8-9-17(24)21-15-6-3-12-22(13-15)18-19-10-4-11-20-18/h1-2,4-5,7,10-11,15,23H,3,6,8-9,12-13H2,(H,21,24)/t15-/m0/s1. The zero-order chi connectivity index (χ0) is 16.8. The van der Waals surface area contributed by atoms with Crippen LogP contribution in [0.15, 0.2) is 42.7 Å². The highest BCUT2D eigenvalue weighted by Gasteiger charge is 2.22. The summed E-state index contributed by atoms with van der Waals surface area (Å²) in [5, 5.41) is 12.8. The number of carbonyl (C=O) groups excluding carboxylic acids is 1. The van der Waals surface area contributed by atoms with Gasteiger partial charge >= 0.3 is 0 Å². The molecular weight excluding hydrogens is 304 g/mol. The van der Waals surface area contributed by atoms with Gasteiger partial charge in [0.1, 0.15) is 5.75 Å². The molecule has 2 aromatic rings. The lowest BCUT2D eigenvalue weighted by atomic mass is 10.0. The monoisotopic (exact) mass is 326 g/mol. The third-order valence-corrected chi connectivity index (χ3v) is 4.23.